The zero-order chi connectivity index (χ0) is 16.2. The van der Waals surface area contributed by atoms with E-state index in [4.69, 9.17) is 25.3 Å². The number of furan rings is 1. The molecule has 1 atom stereocenters. The Bertz CT molecular complexity index is 628. The fourth-order valence-electron chi connectivity index (χ4n) is 2.70. The van der Waals surface area contributed by atoms with E-state index in [1.54, 1.807) is 18.1 Å². The van der Waals surface area contributed by atoms with E-state index in [0.29, 0.717) is 24.3 Å². The predicted octanol–water partition coefficient (Wildman–Crippen LogP) is 2.98. The minimum absolute atomic E-state index is 0.0508. The van der Waals surface area contributed by atoms with Crippen LogP contribution in [0.3, 0.4) is 0 Å². The molecule has 0 saturated carbocycles. The predicted molar refractivity (Wildman–Crippen MR) is 83.1 cm³/mol. The van der Waals surface area contributed by atoms with Gasteiger partial charge in [-0.15, -0.1) is 0 Å². The molecule has 0 unspecified atom stereocenters. The number of rotatable bonds is 6. The number of carbonyl (C=O) groups is 1. The van der Waals surface area contributed by atoms with Gasteiger partial charge in [0.05, 0.1) is 31.0 Å². The number of ether oxygens (including phenoxy) is 1. The molecule has 0 N–H and O–H groups in total. The molecule has 0 radical (unpaired) electrons. The van der Waals surface area contributed by atoms with Crippen molar-refractivity contribution in [3.63, 3.8) is 0 Å². The maximum atomic E-state index is 12.7. The van der Waals surface area contributed by atoms with E-state index in [1.807, 2.05) is 12.1 Å². The molecule has 2 aromatic heterocycles. The van der Waals surface area contributed by atoms with Gasteiger partial charge in [0.2, 0.25) is 11.1 Å². The summed E-state index contributed by atoms with van der Waals surface area (Å²) in [7, 11) is 0. The number of carbonyl (C=O) groups excluding carboxylic acids is 1. The standard InChI is InChI=1S/C16H19ClN2O4/c1-11-14(16(17)23-18-11)8-15(20)19(9-12-4-2-6-21-12)10-13-5-3-7-22-13/h2,4,6,13H,3,5,7-10H2,1H3/t13-/m0/s1. The Kier molecular flexibility index (Phi) is 5.03. The summed E-state index contributed by atoms with van der Waals surface area (Å²) in [5.74, 6) is 0.689. The highest BCUT2D eigenvalue weighted by molar-refractivity contribution is 6.29. The lowest BCUT2D eigenvalue weighted by atomic mass is 10.1. The van der Waals surface area contributed by atoms with Crippen molar-refractivity contribution < 1.29 is 18.5 Å². The van der Waals surface area contributed by atoms with Gasteiger partial charge in [-0.2, -0.15) is 0 Å². The highest BCUT2D eigenvalue weighted by atomic mass is 35.5. The molecule has 0 aromatic carbocycles. The molecular formula is C16H19ClN2O4. The van der Waals surface area contributed by atoms with Gasteiger partial charge in [-0.1, -0.05) is 5.16 Å². The summed E-state index contributed by atoms with van der Waals surface area (Å²) in [5.41, 5.74) is 1.27. The fourth-order valence-corrected chi connectivity index (χ4v) is 2.94. The summed E-state index contributed by atoms with van der Waals surface area (Å²) < 4.78 is 15.9. The van der Waals surface area contributed by atoms with Crippen LogP contribution in [0.1, 0.15) is 29.9 Å². The summed E-state index contributed by atoms with van der Waals surface area (Å²) in [6, 6.07) is 3.67. The third-order valence-electron chi connectivity index (χ3n) is 3.99. The molecule has 3 heterocycles. The first-order valence-corrected chi connectivity index (χ1v) is 8.03. The molecular weight excluding hydrogens is 320 g/mol. The third kappa shape index (κ3) is 3.95. The third-order valence-corrected chi connectivity index (χ3v) is 4.29. The zero-order valence-corrected chi connectivity index (χ0v) is 13.7. The smallest absolute Gasteiger partial charge is 0.229 e. The number of halogens is 1. The van der Waals surface area contributed by atoms with Crippen LogP contribution < -0.4 is 0 Å². The van der Waals surface area contributed by atoms with Crippen LogP contribution in [0.5, 0.6) is 0 Å². The van der Waals surface area contributed by atoms with Crippen LogP contribution in [0.15, 0.2) is 27.3 Å². The molecule has 0 aliphatic carbocycles. The van der Waals surface area contributed by atoms with Gasteiger partial charge in [0, 0.05) is 18.7 Å². The van der Waals surface area contributed by atoms with Gasteiger partial charge in [-0.05, 0) is 43.5 Å². The molecule has 0 bridgehead atoms. The first-order valence-electron chi connectivity index (χ1n) is 7.66. The Hall–Kier alpha value is -1.79. The zero-order valence-electron chi connectivity index (χ0n) is 13.0. The average Bonchev–Trinajstić information content (AvgIpc) is 3.26. The molecule has 124 valence electrons. The summed E-state index contributed by atoms with van der Waals surface area (Å²) in [6.45, 7) is 3.48. The largest absolute Gasteiger partial charge is 0.467 e. The van der Waals surface area contributed by atoms with E-state index in [1.165, 1.54) is 0 Å². The molecule has 1 aliphatic heterocycles. The van der Waals surface area contributed by atoms with Crippen LogP contribution in [0, 0.1) is 6.92 Å². The van der Waals surface area contributed by atoms with Crippen LogP contribution in [-0.4, -0.2) is 35.2 Å². The van der Waals surface area contributed by atoms with Crippen molar-refractivity contribution in [3.05, 3.63) is 40.6 Å². The molecule has 6 nitrogen and oxygen atoms in total. The molecule has 1 aliphatic rings. The van der Waals surface area contributed by atoms with Crippen LogP contribution in [0.2, 0.25) is 5.22 Å². The molecule has 1 saturated heterocycles. The lowest BCUT2D eigenvalue weighted by molar-refractivity contribution is -0.133. The summed E-state index contributed by atoms with van der Waals surface area (Å²) in [4.78, 5) is 14.5. The minimum Gasteiger partial charge on any atom is -0.467 e. The maximum absolute atomic E-state index is 12.7. The van der Waals surface area contributed by atoms with Crippen molar-refractivity contribution >= 4 is 17.5 Å². The van der Waals surface area contributed by atoms with Crippen molar-refractivity contribution in [1.82, 2.24) is 10.1 Å². The van der Waals surface area contributed by atoms with Crippen molar-refractivity contribution in [2.75, 3.05) is 13.2 Å². The SMILES string of the molecule is Cc1noc(Cl)c1CC(=O)N(Cc1ccco1)C[C@@H]1CCCO1. The number of nitrogens with zero attached hydrogens (tertiary/aromatic N) is 2. The summed E-state index contributed by atoms with van der Waals surface area (Å²) >= 11 is 5.96. The second-order valence-corrected chi connectivity index (χ2v) is 6.03. The number of aromatic nitrogens is 1. The lowest BCUT2D eigenvalue weighted by Crippen LogP contribution is -2.37. The summed E-state index contributed by atoms with van der Waals surface area (Å²) in [5, 5.41) is 3.96. The molecule has 1 amide bonds. The number of hydrogen-bond donors (Lipinski definition) is 0. The van der Waals surface area contributed by atoms with Gasteiger partial charge in [0.25, 0.3) is 0 Å². The molecule has 7 heteroatoms. The lowest BCUT2D eigenvalue weighted by Gasteiger charge is -2.24. The van der Waals surface area contributed by atoms with Crippen LogP contribution >= 0.6 is 11.6 Å². The number of hydrogen-bond acceptors (Lipinski definition) is 5. The minimum atomic E-state index is -0.0508. The van der Waals surface area contributed by atoms with E-state index in [-0.39, 0.29) is 23.7 Å². The van der Waals surface area contributed by atoms with Crippen LogP contribution in [0.25, 0.3) is 0 Å². The Morgan fingerprint density at radius 1 is 1.52 bits per heavy atom. The van der Waals surface area contributed by atoms with Crippen molar-refractivity contribution in [2.24, 2.45) is 0 Å². The van der Waals surface area contributed by atoms with Gasteiger partial charge in [0.15, 0.2) is 0 Å². The van der Waals surface area contributed by atoms with Crippen molar-refractivity contribution in [2.45, 2.75) is 38.8 Å². The van der Waals surface area contributed by atoms with Crippen molar-refractivity contribution in [3.8, 4) is 0 Å². The van der Waals surface area contributed by atoms with Crippen molar-refractivity contribution in [1.29, 1.82) is 0 Å². The van der Waals surface area contributed by atoms with Crippen LogP contribution in [-0.2, 0) is 22.5 Å². The molecule has 0 spiro atoms. The van der Waals surface area contributed by atoms with E-state index < -0.39 is 0 Å². The van der Waals surface area contributed by atoms with Gasteiger partial charge >= 0.3 is 0 Å². The van der Waals surface area contributed by atoms with Gasteiger partial charge in [-0.3, -0.25) is 4.79 Å². The van der Waals surface area contributed by atoms with E-state index >= 15 is 0 Å². The van der Waals surface area contributed by atoms with E-state index in [2.05, 4.69) is 5.16 Å². The van der Waals surface area contributed by atoms with E-state index in [0.717, 1.165) is 25.2 Å². The van der Waals surface area contributed by atoms with Gasteiger partial charge in [0.1, 0.15) is 5.76 Å². The van der Waals surface area contributed by atoms with Gasteiger partial charge in [-0.25, -0.2) is 0 Å². The Labute approximate surface area is 139 Å². The Balaban J connectivity index is 1.71. The second kappa shape index (κ2) is 7.19. The normalized spacial score (nSPS) is 17.6. The van der Waals surface area contributed by atoms with E-state index in [9.17, 15) is 4.79 Å². The first-order chi connectivity index (χ1) is 11.1. The quantitative estimate of drug-likeness (QED) is 0.810. The molecule has 2 aromatic rings. The first kappa shape index (κ1) is 16.1. The number of aryl methyl sites for hydroxylation is 1. The Morgan fingerprint density at radius 2 is 2.39 bits per heavy atom. The molecule has 1 fully saturated rings. The summed E-state index contributed by atoms with van der Waals surface area (Å²) in [6.07, 6.45) is 3.83. The van der Waals surface area contributed by atoms with Gasteiger partial charge < -0.3 is 18.6 Å². The second-order valence-electron chi connectivity index (χ2n) is 5.69. The highest BCUT2D eigenvalue weighted by Crippen LogP contribution is 2.22. The Morgan fingerprint density at radius 3 is 3.00 bits per heavy atom. The highest BCUT2D eigenvalue weighted by Gasteiger charge is 2.25. The number of amides is 1. The molecule has 3 rings (SSSR count). The maximum Gasteiger partial charge on any atom is 0.229 e. The average molecular weight is 339 g/mol. The molecule has 23 heavy (non-hydrogen) atoms. The topological polar surface area (TPSA) is 68.7 Å². The fraction of sp³-hybridized carbons (Fsp3) is 0.500. The van der Waals surface area contributed by atoms with Crippen LogP contribution in [0.4, 0.5) is 0 Å². The monoisotopic (exact) mass is 338 g/mol.